The molecular weight excluding hydrogens is 256 g/mol. The fourth-order valence-corrected chi connectivity index (χ4v) is 2.59. The van der Waals surface area contributed by atoms with E-state index in [-0.39, 0.29) is 11.7 Å². The normalized spacial score (nSPS) is 17.6. The lowest BCUT2D eigenvalue weighted by atomic mass is 9.84. The Morgan fingerprint density at radius 3 is 3.00 bits per heavy atom. The van der Waals surface area contributed by atoms with E-state index in [1.165, 1.54) is 11.1 Å². The Hall–Kier alpha value is -2.17. The van der Waals surface area contributed by atoms with E-state index in [9.17, 15) is 4.79 Å². The molecule has 1 atom stereocenters. The first-order valence-electron chi connectivity index (χ1n) is 6.85. The molecule has 0 spiro atoms. The number of aryl methyl sites for hydroxylation is 1. The number of esters is 1. The number of benzene rings is 1. The fraction of sp³-hybridized carbons (Fsp3) is 0.400. The van der Waals surface area contributed by atoms with Crippen molar-refractivity contribution in [3.63, 3.8) is 0 Å². The molecule has 20 heavy (non-hydrogen) atoms. The number of aromatic nitrogens is 2. The molecule has 1 aliphatic carbocycles. The standard InChI is InChI=1S/C15H16N2O3/c1-2-19-15(18)13-16-14(20-17-13)12-8-7-10-5-3-4-6-11(10)9-12/h3-6,12H,2,7-9H2,1H3. The molecule has 0 radical (unpaired) electrons. The van der Waals surface area contributed by atoms with Crippen LogP contribution in [-0.2, 0) is 17.6 Å². The first-order valence-corrected chi connectivity index (χ1v) is 6.85. The molecule has 104 valence electrons. The SMILES string of the molecule is CCOC(=O)c1noc(C2CCc3ccccc3C2)n1. The van der Waals surface area contributed by atoms with Gasteiger partial charge in [-0.15, -0.1) is 0 Å². The maximum atomic E-state index is 11.5. The summed E-state index contributed by atoms with van der Waals surface area (Å²) >= 11 is 0. The highest BCUT2D eigenvalue weighted by Gasteiger charge is 2.26. The smallest absolute Gasteiger partial charge is 0.379 e. The van der Waals surface area contributed by atoms with Crippen LogP contribution in [0.2, 0.25) is 0 Å². The van der Waals surface area contributed by atoms with Crippen LogP contribution < -0.4 is 0 Å². The number of carbonyl (C=O) groups excluding carboxylic acids is 1. The summed E-state index contributed by atoms with van der Waals surface area (Å²) < 4.78 is 10.1. The van der Waals surface area contributed by atoms with Crippen LogP contribution in [0.5, 0.6) is 0 Å². The first-order chi connectivity index (χ1) is 9.78. The van der Waals surface area contributed by atoms with Gasteiger partial charge in [0.1, 0.15) is 0 Å². The zero-order chi connectivity index (χ0) is 13.9. The summed E-state index contributed by atoms with van der Waals surface area (Å²) in [6, 6.07) is 8.39. The van der Waals surface area contributed by atoms with Gasteiger partial charge in [0.2, 0.25) is 5.89 Å². The van der Waals surface area contributed by atoms with Crippen LogP contribution in [0.4, 0.5) is 0 Å². The summed E-state index contributed by atoms with van der Waals surface area (Å²) in [4.78, 5) is 15.7. The van der Waals surface area contributed by atoms with Gasteiger partial charge in [0.25, 0.3) is 5.82 Å². The van der Waals surface area contributed by atoms with Crippen molar-refractivity contribution in [3.05, 3.63) is 47.1 Å². The van der Waals surface area contributed by atoms with Gasteiger partial charge in [-0.1, -0.05) is 24.3 Å². The highest BCUT2D eigenvalue weighted by Crippen LogP contribution is 2.31. The lowest BCUT2D eigenvalue weighted by Gasteiger charge is -2.21. The molecule has 1 aliphatic rings. The second-order valence-electron chi connectivity index (χ2n) is 4.89. The minimum atomic E-state index is -0.529. The highest BCUT2D eigenvalue weighted by atomic mass is 16.5. The van der Waals surface area contributed by atoms with Crippen molar-refractivity contribution < 1.29 is 14.1 Å². The fourth-order valence-electron chi connectivity index (χ4n) is 2.59. The number of hydrogen-bond donors (Lipinski definition) is 0. The van der Waals surface area contributed by atoms with Crippen LogP contribution in [-0.4, -0.2) is 22.7 Å². The van der Waals surface area contributed by atoms with Crippen LogP contribution in [0.1, 0.15) is 46.9 Å². The van der Waals surface area contributed by atoms with Gasteiger partial charge >= 0.3 is 5.97 Å². The Bertz CT molecular complexity index is 621. The summed E-state index contributed by atoms with van der Waals surface area (Å²) in [5.41, 5.74) is 2.70. The Morgan fingerprint density at radius 2 is 2.20 bits per heavy atom. The quantitative estimate of drug-likeness (QED) is 0.803. The monoisotopic (exact) mass is 272 g/mol. The molecule has 5 nitrogen and oxygen atoms in total. The molecule has 1 heterocycles. The van der Waals surface area contributed by atoms with Gasteiger partial charge in [-0.2, -0.15) is 4.98 Å². The molecule has 0 bridgehead atoms. The van der Waals surface area contributed by atoms with Crippen LogP contribution >= 0.6 is 0 Å². The third-order valence-electron chi connectivity index (χ3n) is 3.60. The highest BCUT2D eigenvalue weighted by molar-refractivity contribution is 5.84. The average molecular weight is 272 g/mol. The number of rotatable bonds is 3. The lowest BCUT2D eigenvalue weighted by molar-refractivity contribution is 0.0508. The van der Waals surface area contributed by atoms with Gasteiger partial charge in [-0.3, -0.25) is 0 Å². The summed E-state index contributed by atoms with van der Waals surface area (Å²) in [5.74, 6) is 0.197. The largest absolute Gasteiger partial charge is 0.460 e. The van der Waals surface area contributed by atoms with Crippen molar-refractivity contribution in [1.29, 1.82) is 0 Å². The van der Waals surface area contributed by atoms with Crippen LogP contribution in [0.3, 0.4) is 0 Å². The minimum Gasteiger partial charge on any atom is -0.460 e. The summed E-state index contributed by atoms with van der Waals surface area (Å²) in [6.45, 7) is 2.05. The second kappa shape index (κ2) is 5.45. The Morgan fingerprint density at radius 1 is 1.40 bits per heavy atom. The van der Waals surface area contributed by atoms with Crippen molar-refractivity contribution in [2.45, 2.75) is 32.1 Å². The zero-order valence-electron chi connectivity index (χ0n) is 11.3. The number of carbonyl (C=O) groups is 1. The molecule has 0 amide bonds. The zero-order valence-corrected chi connectivity index (χ0v) is 11.3. The van der Waals surface area contributed by atoms with Crippen LogP contribution in [0, 0.1) is 0 Å². The van der Waals surface area contributed by atoms with Crippen molar-refractivity contribution in [3.8, 4) is 0 Å². The van der Waals surface area contributed by atoms with Crippen molar-refractivity contribution >= 4 is 5.97 Å². The van der Waals surface area contributed by atoms with E-state index < -0.39 is 5.97 Å². The predicted molar refractivity (Wildman–Crippen MR) is 71.5 cm³/mol. The summed E-state index contributed by atoms with van der Waals surface area (Å²) in [6.07, 6.45) is 2.83. The van der Waals surface area contributed by atoms with E-state index in [1.54, 1.807) is 6.92 Å². The van der Waals surface area contributed by atoms with Gasteiger partial charge in [0.05, 0.1) is 6.61 Å². The van der Waals surface area contributed by atoms with Gasteiger partial charge in [-0.05, 0) is 42.5 Å². The van der Waals surface area contributed by atoms with Crippen molar-refractivity contribution in [2.24, 2.45) is 0 Å². The Balaban J connectivity index is 1.77. The number of fused-ring (bicyclic) bond motifs is 1. The Kier molecular flexibility index (Phi) is 3.50. The van der Waals surface area contributed by atoms with E-state index in [2.05, 4.69) is 28.3 Å². The molecule has 1 aromatic heterocycles. The Labute approximate surface area is 116 Å². The molecular formula is C15H16N2O3. The molecule has 0 N–H and O–H groups in total. The molecule has 0 saturated carbocycles. The number of ether oxygens (including phenoxy) is 1. The molecule has 0 fully saturated rings. The van der Waals surface area contributed by atoms with Crippen LogP contribution in [0.15, 0.2) is 28.8 Å². The molecule has 5 heteroatoms. The van der Waals surface area contributed by atoms with E-state index >= 15 is 0 Å². The summed E-state index contributed by atoms with van der Waals surface area (Å²) in [7, 11) is 0. The van der Waals surface area contributed by atoms with E-state index in [0.717, 1.165) is 19.3 Å². The van der Waals surface area contributed by atoms with Crippen molar-refractivity contribution in [1.82, 2.24) is 10.1 Å². The second-order valence-corrected chi connectivity index (χ2v) is 4.89. The molecule has 1 aromatic carbocycles. The average Bonchev–Trinajstić information content (AvgIpc) is 2.97. The van der Waals surface area contributed by atoms with Gasteiger partial charge < -0.3 is 9.26 Å². The van der Waals surface area contributed by atoms with Gasteiger partial charge in [-0.25, -0.2) is 4.79 Å². The third-order valence-corrected chi connectivity index (χ3v) is 3.60. The maximum absolute atomic E-state index is 11.5. The predicted octanol–water partition coefficient (Wildman–Crippen LogP) is 2.52. The minimum absolute atomic E-state index is 0.0145. The van der Waals surface area contributed by atoms with E-state index in [1.807, 2.05) is 6.07 Å². The molecule has 2 aromatic rings. The molecule has 3 rings (SSSR count). The van der Waals surface area contributed by atoms with Crippen molar-refractivity contribution in [2.75, 3.05) is 6.61 Å². The van der Waals surface area contributed by atoms with E-state index in [4.69, 9.17) is 9.26 Å². The number of nitrogens with zero attached hydrogens (tertiary/aromatic N) is 2. The molecule has 0 aliphatic heterocycles. The van der Waals surface area contributed by atoms with Gasteiger partial charge in [0, 0.05) is 5.92 Å². The van der Waals surface area contributed by atoms with Gasteiger partial charge in [0.15, 0.2) is 0 Å². The van der Waals surface area contributed by atoms with Crippen LogP contribution in [0.25, 0.3) is 0 Å². The maximum Gasteiger partial charge on any atom is 0.379 e. The summed E-state index contributed by atoms with van der Waals surface area (Å²) in [5, 5.41) is 3.71. The molecule has 0 saturated heterocycles. The third kappa shape index (κ3) is 2.43. The number of hydrogen-bond acceptors (Lipinski definition) is 5. The first kappa shape index (κ1) is 12.8. The topological polar surface area (TPSA) is 65.2 Å². The molecule has 1 unspecified atom stereocenters. The lowest BCUT2D eigenvalue weighted by Crippen LogP contribution is -2.13. The van der Waals surface area contributed by atoms with E-state index in [0.29, 0.717) is 12.5 Å².